The minimum Gasteiger partial charge on any atom is -0.496 e. The maximum Gasteiger partial charge on any atom is 0.262 e. The van der Waals surface area contributed by atoms with Crippen LogP contribution in [0.2, 0.25) is 5.02 Å². The monoisotopic (exact) mass is 445 g/mol. The van der Waals surface area contributed by atoms with Crippen LogP contribution in [0, 0.1) is 0 Å². The molecule has 1 aliphatic rings. The summed E-state index contributed by atoms with van der Waals surface area (Å²) in [6.45, 7) is 0.690. The molecule has 2 heterocycles. The summed E-state index contributed by atoms with van der Waals surface area (Å²) in [6, 6.07) is 5.34. The molecule has 0 aliphatic heterocycles. The van der Waals surface area contributed by atoms with E-state index in [9.17, 15) is 9.59 Å². The first-order valence-electron chi connectivity index (χ1n) is 10.0. The lowest BCUT2D eigenvalue weighted by Gasteiger charge is -2.19. The van der Waals surface area contributed by atoms with Gasteiger partial charge in [-0.3, -0.25) is 14.2 Å². The van der Waals surface area contributed by atoms with E-state index in [0.717, 1.165) is 35.0 Å². The van der Waals surface area contributed by atoms with Crippen molar-refractivity contribution in [3.05, 3.63) is 55.9 Å². The molecule has 8 heteroatoms. The molecule has 4 rings (SSSR count). The summed E-state index contributed by atoms with van der Waals surface area (Å²) >= 11 is 7.72. The first-order chi connectivity index (χ1) is 14.5. The van der Waals surface area contributed by atoms with Gasteiger partial charge in [0.15, 0.2) is 0 Å². The van der Waals surface area contributed by atoms with Crippen molar-refractivity contribution in [1.82, 2.24) is 14.5 Å². The molecular formula is C22H24ClN3O3S. The minimum atomic E-state index is -0.0589. The van der Waals surface area contributed by atoms with Crippen LogP contribution in [0.4, 0.5) is 0 Å². The van der Waals surface area contributed by atoms with Crippen molar-refractivity contribution in [2.75, 3.05) is 14.2 Å². The summed E-state index contributed by atoms with van der Waals surface area (Å²) in [4.78, 5) is 33.9. The molecule has 3 aromatic rings. The van der Waals surface area contributed by atoms with Crippen LogP contribution in [0.5, 0.6) is 5.75 Å². The summed E-state index contributed by atoms with van der Waals surface area (Å²) in [7, 11) is 3.33. The Morgan fingerprint density at radius 1 is 1.33 bits per heavy atom. The van der Waals surface area contributed by atoms with Crippen LogP contribution >= 0.6 is 22.9 Å². The van der Waals surface area contributed by atoms with Crippen molar-refractivity contribution in [3.8, 4) is 5.75 Å². The Bertz CT molecular complexity index is 1150. The van der Waals surface area contributed by atoms with Gasteiger partial charge in [0.2, 0.25) is 5.91 Å². The Balaban J connectivity index is 1.47. The van der Waals surface area contributed by atoms with Gasteiger partial charge >= 0.3 is 0 Å². The largest absolute Gasteiger partial charge is 0.496 e. The molecule has 0 bridgehead atoms. The van der Waals surface area contributed by atoms with Gasteiger partial charge in [0, 0.05) is 42.0 Å². The fourth-order valence-electron chi connectivity index (χ4n) is 3.96. The van der Waals surface area contributed by atoms with E-state index < -0.39 is 0 Å². The fraction of sp³-hybridized carbons (Fsp3) is 0.409. The molecule has 0 radical (unpaired) electrons. The molecule has 1 amide bonds. The number of fused-ring (bicyclic) bond motifs is 3. The number of rotatable bonds is 6. The number of nitrogens with zero attached hydrogens (tertiary/aromatic N) is 3. The molecule has 6 nitrogen and oxygen atoms in total. The third kappa shape index (κ3) is 4.09. The molecule has 30 heavy (non-hydrogen) atoms. The summed E-state index contributed by atoms with van der Waals surface area (Å²) in [6.07, 6.45) is 6.06. The lowest BCUT2D eigenvalue weighted by Crippen LogP contribution is -2.29. The van der Waals surface area contributed by atoms with Gasteiger partial charge in [-0.1, -0.05) is 11.6 Å². The van der Waals surface area contributed by atoms with E-state index >= 15 is 0 Å². The Hall–Kier alpha value is -2.38. The predicted molar refractivity (Wildman–Crippen MR) is 120 cm³/mol. The molecule has 0 saturated carbocycles. The smallest absolute Gasteiger partial charge is 0.262 e. The molecule has 158 valence electrons. The van der Waals surface area contributed by atoms with Crippen LogP contribution in [0.25, 0.3) is 10.2 Å². The Labute approximate surface area is 184 Å². The number of aromatic nitrogens is 2. The number of methoxy groups -OCH3 is 1. The summed E-state index contributed by atoms with van der Waals surface area (Å²) in [5.74, 6) is 0.628. The number of thiophene rings is 1. The average Bonchev–Trinajstić information content (AvgIpc) is 3.12. The van der Waals surface area contributed by atoms with E-state index in [4.69, 9.17) is 16.3 Å². The highest BCUT2D eigenvalue weighted by atomic mass is 35.5. The average molecular weight is 446 g/mol. The van der Waals surface area contributed by atoms with E-state index in [1.54, 1.807) is 59.5 Å². The summed E-state index contributed by atoms with van der Waals surface area (Å²) in [5.41, 5.74) is 1.97. The number of benzene rings is 1. The van der Waals surface area contributed by atoms with Crippen molar-refractivity contribution in [2.45, 2.75) is 45.2 Å². The van der Waals surface area contributed by atoms with Crippen LogP contribution in [0.15, 0.2) is 29.3 Å². The Morgan fingerprint density at radius 3 is 2.93 bits per heavy atom. The van der Waals surface area contributed by atoms with E-state index in [-0.39, 0.29) is 17.9 Å². The third-order valence-corrected chi connectivity index (χ3v) is 7.02. The van der Waals surface area contributed by atoms with Crippen molar-refractivity contribution >= 4 is 39.1 Å². The molecule has 0 unspecified atom stereocenters. The van der Waals surface area contributed by atoms with Gasteiger partial charge in [0.1, 0.15) is 10.6 Å². The van der Waals surface area contributed by atoms with Gasteiger partial charge in [0.25, 0.3) is 5.56 Å². The zero-order valence-corrected chi connectivity index (χ0v) is 18.7. The predicted octanol–water partition coefficient (Wildman–Crippen LogP) is 4.05. The van der Waals surface area contributed by atoms with Crippen molar-refractivity contribution in [2.24, 2.45) is 0 Å². The molecule has 2 aromatic heterocycles. The second kappa shape index (κ2) is 8.78. The standard InChI is InChI=1S/C22H24ClN3O3S/c1-25(12-14-11-15(23)7-8-17(14)29-2)19(27)9-10-26-13-24-21-20(22(26)28)16-5-3-4-6-18(16)30-21/h7-8,11,13H,3-6,9-10,12H2,1-2H3. The maximum absolute atomic E-state index is 13.0. The van der Waals surface area contributed by atoms with Gasteiger partial charge < -0.3 is 9.64 Å². The molecule has 0 N–H and O–H groups in total. The lowest BCUT2D eigenvalue weighted by molar-refractivity contribution is -0.130. The van der Waals surface area contributed by atoms with Crippen molar-refractivity contribution < 1.29 is 9.53 Å². The topological polar surface area (TPSA) is 64.4 Å². The second-order valence-corrected chi connectivity index (χ2v) is 9.11. The number of aryl methyl sites for hydroxylation is 3. The number of ether oxygens (including phenoxy) is 1. The molecule has 1 aliphatic carbocycles. The number of hydrogen-bond donors (Lipinski definition) is 0. The zero-order valence-electron chi connectivity index (χ0n) is 17.1. The highest BCUT2D eigenvalue weighted by Crippen LogP contribution is 2.33. The van der Waals surface area contributed by atoms with Gasteiger partial charge in [-0.15, -0.1) is 11.3 Å². The lowest BCUT2D eigenvalue weighted by atomic mass is 9.97. The third-order valence-electron chi connectivity index (χ3n) is 5.58. The Kier molecular flexibility index (Phi) is 6.11. The highest BCUT2D eigenvalue weighted by Gasteiger charge is 2.20. The summed E-state index contributed by atoms with van der Waals surface area (Å²) in [5, 5.41) is 1.35. The molecule has 0 fully saturated rings. The normalized spacial score (nSPS) is 13.3. The highest BCUT2D eigenvalue weighted by molar-refractivity contribution is 7.18. The first-order valence-corrected chi connectivity index (χ1v) is 11.2. The zero-order chi connectivity index (χ0) is 21.3. The second-order valence-electron chi connectivity index (χ2n) is 7.59. The molecule has 0 atom stereocenters. The fourth-order valence-corrected chi connectivity index (χ4v) is 5.38. The summed E-state index contributed by atoms with van der Waals surface area (Å²) < 4.78 is 6.92. The van der Waals surface area contributed by atoms with Crippen LogP contribution in [-0.2, 0) is 30.7 Å². The maximum atomic E-state index is 13.0. The SMILES string of the molecule is COc1ccc(Cl)cc1CN(C)C(=O)CCn1cnc2sc3c(c2c1=O)CCCC3. The van der Waals surface area contributed by atoms with Gasteiger partial charge in [-0.2, -0.15) is 0 Å². The number of carbonyl (C=O) groups is 1. The number of carbonyl (C=O) groups excluding carboxylic acids is 1. The number of hydrogen-bond acceptors (Lipinski definition) is 5. The molecular weight excluding hydrogens is 422 g/mol. The van der Waals surface area contributed by atoms with Crippen molar-refractivity contribution in [1.29, 1.82) is 0 Å². The van der Waals surface area contributed by atoms with Gasteiger partial charge in [-0.25, -0.2) is 4.98 Å². The number of halogens is 1. The van der Waals surface area contributed by atoms with Crippen molar-refractivity contribution in [3.63, 3.8) is 0 Å². The van der Waals surface area contributed by atoms with Crippen LogP contribution in [0.3, 0.4) is 0 Å². The van der Waals surface area contributed by atoms with E-state index in [1.807, 2.05) is 0 Å². The quantitative estimate of drug-likeness (QED) is 0.574. The molecule has 0 saturated heterocycles. The minimum absolute atomic E-state index is 0.0358. The van der Waals surface area contributed by atoms with Crippen LogP contribution in [0.1, 0.15) is 35.3 Å². The van der Waals surface area contributed by atoms with Crippen LogP contribution < -0.4 is 10.3 Å². The molecule has 0 spiro atoms. The molecule has 1 aromatic carbocycles. The van der Waals surface area contributed by atoms with Crippen LogP contribution in [-0.4, -0.2) is 34.5 Å². The van der Waals surface area contributed by atoms with E-state index in [1.165, 1.54) is 16.9 Å². The first kappa shape index (κ1) is 20.9. The van der Waals surface area contributed by atoms with E-state index in [0.29, 0.717) is 23.9 Å². The van der Waals surface area contributed by atoms with Gasteiger partial charge in [0.05, 0.1) is 18.8 Å². The van der Waals surface area contributed by atoms with Gasteiger partial charge in [-0.05, 0) is 49.4 Å². The van der Waals surface area contributed by atoms with E-state index in [2.05, 4.69) is 4.98 Å². The number of amides is 1. The Morgan fingerprint density at radius 2 is 2.13 bits per heavy atom.